The predicted octanol–water partition coefficient (Wildman–Crippen LogP) is 10.9. The first-order valence-corrected chi connectivity index (χ1v) is 20.2. The molecule has 0 heterocycles. The number of hydrogen-bond acceptors (Lipinski definition) is 6. The maximum Gasteiger partial charge on any atom is 0.500 e. The van der Waals surface area contributed by atoms with Crippen molar-refractivity contribution in [2.45, 2.75) is 82.7 Å². The SMILES string of the molecule is CCC(F)(F)C(F)=C(F)/C(=C(\Oc1ccc(C(C)(C)c2ccc(OC[Si](C)(OC)O[Si](CC(F)(F)F)(OC)OC)cc2)cc1)C(F)(F)CC)C(F)(F)F. The maximum atomic E-state index is 14.9. The third-order valence-electron chi connectivity index (χ3n) is 8.18. The van der Waals surface area contributed by atoms with E-state index in [1.807, 2.05) is 0 Å². The molecule has 2 rings (SSSR count). The average Bonchev–Trinajstić information content (AvgIpc) is 3.08. The van der Waals surface area contributed by atoms with Crippen molar-refractivity contribution < 1.29 is 79.6 Å². The van der Waals surface area contributed by atoms with Crippen LogP contribution in [0.4, 0.5) is 52.7 Å². The Labute approximate surface area is 301 Å². The summed E-state index contributed by atoms with van der Waals surface area (Å²) in [7, 11) is -4.37. The minimum absolute atomic E-state index is 0.260. The topological polar surface area (TPSA) is 55.4 Å². The van der Waals surface area contributed by atoms with Gasteiger partial charge in [0.05, 0.1) is 0 Å². The van der Waals surface area contributed by atoms with Gasteiger partial charge >= 0.3 is 41.6 Å². The van der Waals surface area contributed by atoms with Crippen molar-refractivity contribution in [2.24, 2.45) is 0 Å². The molecular weight excluding hydrogens is 777 g/mol. The number of hydrogen-bond donors (Lipinski definition) is 0. The molecule has 0 amide bonds. The van der Waals surface area contributed by atoms with Crippen molar-refractivity contribution in [3.05, 3.63) is 82.6 Å². The van der Waals surface area contributed by atoms with Crippen LogP contribution in [0.2, 0.25) is 12.6 Å². The molecule has 1 atom stereocenters. The number of alkyl halides is 10. The lowest BCUT2D eigenvalue weighted by Gasteiger charge is -2.35. The second-order valence-corrected chi connectivity index (χ2v) is 18.7. The summed E-state index contributed by atoms with van der Waals surface area (Å²) in [6.45, 7) is 6.33. The van der Waals surface area contributed by atoms with Crippen molar-refractivity contribution in [2.75, 3.05) is 27.6 Å². The quantitative estimate of drug-likeness (QED) is 0.0647. The highest BCUT2D eigenvalue weighted by molar-refractivity contribution is 6.77. The molecule has 0 aliphatic carbocycles. The molecule has 0 aliphatic rings. The highest BCUT2D eigenvalue weighted by atomic mass is 28.5. The molecule has 300 valence electrons. The van der Waals surface area contributed by atoms with Crippen LogP contribution in [0.5, 0.6) is 11.5 Å². The summed E-state index contributed by atoms with van der Waals surface area (Å²) in [5.74, 6) is -18.5. The standard InChI is InChI=1S/C33H40F12O6Si2/c1-9-30(36,37)27(35)26(34)25(33(43,44)45)28(31(38,39)10-2)50-24-17-13-22(14-18-24)29(3,4)21-11-15-23(16-12-21)49-20-52(8,46-5)51-53(47-6,48-7)19-32(40,41)42/h11-18H,9-10,19-20H2,1-8H3/b27-26?,28-25+. The molecule has 2 aromatic carbocycles. The van der Waals surface area contributed by atoms with Gasteiger partial charge in [0.25, 0.3) is 0 Å². The molecular formula is C33H40F12O6Si2. The summed E-state index contributed by atoms with van der Waals surface area (Å²) >= 11 is 0. The molecule has 1 unspecified atom stereocenters. The molecule has 0 radical (unpaired) electrons. The van der Waals surface area contributed by atoms with E-state index in [2.05, 4.69) is 0 Å². The fraction of sp³-hybridized carbons (Fsp3) is 0.515. The van der Waals surface area contributed by atoms with Gasteiger partial charge in [-0.25, -0.2) is 8.78 Å². The Balaban J connectivity index is 2.40. The summed E-state index contributed by atoms with van der Waals surface area (Å²) in [5.41, 5.74) is -2.78. The maximum absolute atomic E-state index is 14.9. The van der Waals surface area contributed by atoms with E-state index in [1.54, 1.807) is 26.0 Å². The Bertz CT molecular complexity index is 1570. The third kappa shape index (κ3) is 11.7. The van der Waals surface area contributed by atoms with Crippen molar-refractivity contribution in [1.82, 2.24) is 0 Å². The lowest BCUT2D eigenvalue weighted by Crippen LogP contribution is -2.58. The normalized spacial score (nSPS) is 15.8. The lowest BCUT2D eigenvalue weighted by molar-refractivity contribution is -0.120. The fourth-order valence-electron chi connectivity index (χ4n) is 4.71. The van der Waals surface area contributed by atoms with E-state index in [-0.39, 0.29) is 12.0 Å². The molecule has 0 saturated heterocycles. The summed E-state index contributed by atoms with van der Waals surface area (Å²) < 4.78 is 200. The monoisotopic (exact) mass is 816 g/mol. The van der Waals surface area contributed by atoms with Crippen molar-refractivity contribution >= 4 is 17.4 Å². The van der Waals surface area contributed by atoms with Gasteiger partial charge in [0.15, 0.2) is 11.6 Å². The van der Waals surface area contributed by atoms with E-state index in [0.29, 0.717) is 18.1 Å². The predicted molar refractivity (Wildman–Crippen MR) is 174 cm³/mol. The van der Waals surface area contributed by atoms with Crippen LogP contribution in [-0.4, -0.2) is 69.1 Å². The van der Waals surface area contributed by atoms with E-state index >= 15 is 0 Å². The van der Waals surface area contributed by atoms with Gasteiger partial charge < -0.3 is 26.9 Å². The Morgan fingerprint density at radius 1 is 0.660 bits per heavy atom. The fourth-order valence-corrected chi connectivity index (χ4v) is 10.4. The highest BCUT2D eigenvalue weighted by Gasteiger charge is 2.55. The summed E-state index contributed by atoms with van der Waals surface area (Å²) in [6.07, 6.45) is -13.8. The minimum atomic E-state index is -6.07. The second kappa shape index (κ2) is 17.2. The van der Waals surface area contributed by atoms with Crippen molar-refractivity contribution in [1.29, 1.82) is 0 Å². The molecule has 6 nitrogen and oxygen atoms in total. The van der Waals surface area contributed by atoms with Gasteiger partial charge in [-0.2, -0.15) is 43.9 Å². The van der Waals surface area contributed by atoms with E-state index in [0.717, 1.165) is 33.3 Å². The van der Waals surface area contributed by atoms with Gasteiger partial charge in [0, 0.05) is 39.6 Å². The van der Waals surface area contributed by atoms with Crippen LogP contribution in [-0.2, 0) is 22.8 Å². The van der Waals surface area contributed by atoms with Crippen LogP contribution in [0.1, 0.15) is 51.7 Å². The zero-order chi connectivity index (χ0) is 40.8. The van der Waals surface area contributed by atoms with Crippen LogP contribution in [0.25, 0.3) is 0 Å². The molecule has 0 spiro atoms. The van der Waals surface area contributed by atoms with E-state index in [1.165, 1.54) is 37.9 Å². The Morgan fingerprint density at radius 3 is 1.49 bits per heavy atom. The van der Waals surface area contributed by atoms with E-state index in [9.17, 15) is 52.7 Å². The molecule has 2 aromatic rings. The largest absolute Gasteiger partial charge is 0.500 e. The first-order valence-electron chi connectivity index (χ1n) is 15.7. The van der Waals surface area contributed by atoms with E-state index in [4.69, 9.17) is 26.9 Å². The number of allylic oxidation sites excluding steroid dienone is 4. The van der Waals surface area contributed by atoms with Crippen LogP contribution >= 0.6 is 0 Å². The van der Waals surface area contributed by atoms with Crippen LogP contribution in [0.3, 0.4) is 0 Å². The number of ether oxygens (including phenoxy) is 2. The third-order valence-corrected chi connectivity index (χ3v) is 14.8. The first kappa shape index (κ1) is 46.1. The lowest BCUT2D eigenvalue weighted by atomic mass is 9.78. The van der Waals surface area contributed by atoms with Gasteiger partial charge in [-0.3, -0.25) is 0 Å². The van der Waals surface area contributed by atoms with Gasteiger partial charge in [-0.15, -0.1) is 0 Å². The molecule has 0 N–H and O–H groups in total. The molecule has 0 aliphatic heterocycles. The Kier molecular flexibility index (Phi) is 14.9. The molecule has 0 fully saturated rings. The minimum Gasteiger partial charge on any atom is -0.492 e. The number of benzene rings is 2. The van der Waals surface area contributed by atoms with Gasteiger partial charge in [-0.1, -0.05) is 52.0 Å². The molecule has 0 bridgehead atoms. The Morgan fingerprint density at radius 2 is 1.11 bits per heavy atom. The first-order chi connectivity index (χ1) is 24.2. The molecule has 0 saturated carbocycles. The number of rotatable bonds is 18. The summed E-state index contributed by atoms with van der Waals surface area (Å²) in [6, 6.07) is 9.49. The van der Waals surface area contributed by atoms with E-state index < -0.39 is 94.6 Å². The molecule has 53 heavy (non-hydrogen) atoms. The average molecular weight is 817 g/mol. The van der Waals surface area contributed by atoms with Crippen molar-refractivity contribution in [3.8, 4) is 11.5 Å². The van der Waals surface area contributed by atoms with Crippen LogP contribution < -0.4 is 9.47 Å². The van der Waals surface area contributed by atoms with Gasteiger partial charge in [0.1, 0.15) is 29.3 Å². The zero-order valence-electron chi connectivity index (χ0n) is 29.9. The molecule has 0 aromatic heterocycles. The molecule has 20 heteroatoms. The zero-order valence-corrected chi connectivity index (χ0v) is 31.9. The summed E-state index contributed by atoms with van der Waals surface area (Å²) in [5, 5.41) is 0. The summed E-state index contributed by atoms with van der Waals surface area (Å²) in [4.78, 5) is 0. The number of halogens is 12. The van der Waals surface area contributed by atoms with Gasteiger partial charge in [0.2, 0.25) is 5.83 Å². The smallest absolute Gasteiger partial charge is 0.492 e. The highest BCUT2D eigenvalue weighted by Crippen LogP contribution is 2.46. The second-order valence-electron chi connectivity index (χ2n) is 12.3. The van der Waals surface area contributed by atoms with Crippen LogP contribution in [0.15, 0.2) is 71.5 Å². The van der Waals surface area contributed by atoms with Gasteiger partial charge in [-0.05, 0) is 41.9 Å². The van der Waals surface area contributed by atoms with Crippen molar-refractivity contribution in [3.63, 3.8) is 0 Å². The Hall–Kier alpha value is -3.05. The van der Waals surface area contributed by atoms with Crippen LogP contribution in [0, 0.1) is 0 Å².